The van der Waals surface area contributed by atoms with Crippen LogP contribution in [0.3, 0.4) is 0 Å². The van der Waals surface area contributed by atoms with E-state index in [1.54, 1.807) is 0 Å². The molecule has 12 aromatic rings. The van der Waals surface area contributed by atoms with E-state index in [-0.39, 0.29) is 0 Å². The monoisotopic (exact) mass is 707 g/mol. The molecule has 0 unspecified atom stereocenters. The van der Waals surface area contributed by atoms with E-state index in [1.165, 1.54) is 5.39 Å². The number of oxazole rings is 1. The number of furan rings is 2. The molecule has 258 valence electrons. The van der Waals surface area contributed by atoms with Crippen molar-refractivity contribution < 1.29 is 13.3 Å². The highest BCUT2D eigenvalue weighted by molar-refractivity contribution is 6.19. The number of benzene rings is 8. The Morgan fingerprint density at radius 3 is 2.04 bits per heavy atom. The summed E-state index contributed by atoms with van der Waals surface area (Å²) >= 11 is 0. The number of anilines is 3. The van der Waals surface area contributed by atoms with Crippen molar-refractivity contribution in [2.75, 3.05) is 4.90 Å². The van der Waals surface area contributed by atoms with Crippen LogP contribution in [0.25, 0.3) is 93.9 Å². The Morgan fingerprint density at radius 2 is 1.16 bits per heavy atom. The summed E-state index contributed by atoms with van der Waals surface area (Å²) in [5.74, 6) is 0.584. The Balaban J connectivity index is 1.15. The van der Waals surface area contributed by atoms with Gasteiger partial charge in [-0.1, -0.05) is 97.1 Å². The maximum Gasteiger partial charge on any atom is 0.227 e. The van der Waals surface area contributed by atoms with Gasteiger partial charge in [-0.15, -0.1) is 0 Å². The van der Waals surface area contributed by atoms with Gasteiger partial charge in [-0.05, 0) is 72.8 Å². The van der Waals surface area contributed by atoms with Crippen molar-refractivity contribution in [3.63, 3.8) is 0 Å². The second kappa shape index (κ2) is 11.5. The molecular weight excluding hydrogens is 679 g/mol. The van der Waals surface area contributed by atoms with E-state index >= 15 is 0 Å². The van der Waals surface area contributed by atoms with Crippen LogP contribution in [-0.2, 0) is 0 Å². The molecule has 4 heterocycles. The highest BCUT2D eigenvalue weighted by atomic mass is 16.4. The lowest BCUT2D eigenvalue weighted by Crippen LogP contribution is -2.12. The fourth-order valence-electron chi connectivity index (χ4n) is 8.43. The Bertz CT molecular complexity index is 3440. The third kappa shape index (κ3) is 4.39. The molecule has 0 amide bonds. The summed E-state index contributed by atoms with van der Waals surface area (Å²) in [5.41, 5.74) is 11.8. The minimum atomic E-state index is 0.584. The minimum absolute atomic E-state index is 0.584. The first-order valence-electron chi connectivity index (χ1n) is 18.4. The molecule has 6 nitrogen and oxygen atoms in total. The van der Waals surface area contributed by atoms with Crippen molar-refractivity contribution in [2.24, 2.45) is 0 Å². The molecule has 0 aliphatic rings. The van der Waals surface area contributed by atoms with Crippen LogP contribution < -0.4 is 4.90 Å². The molecule has 4 aromatic heterocycles. The lowest BCUT2D eigenvalue weighted by molar-refractivity contribution is 0.619. The zero-order chi connectivity index (χ0) is 36.0. The largest absolute Gasteiger partial charge is 0.456 e. The van der Waals surface area contributed by atoms with Crippen LogP contribution in [0.2, 0.25) is 0 Å². The van der Waals surface area contributed by atoms with Gasteiger partial charge in [0.1, 0.15) is 22.3 Å². The molecule has 0 N–H and O–H groups in total. The zero-order valence-corrected chi connectivity index (χ0v) is 29.3. The molecule has 0 saturated carbocycles. The number of hydrogen-bond donors (Lipinski definition) is 0. The maximum atomic E-state index is 6.73. The topological polar surface area (TPSA) is 60.5 Å². The summed E-state index contributed by atoms with van der Waals surface area (Å²) in [6.07, 6.45) is 0. The average Bonchev–Trinajstić information content (AvgIpc) is 4.02. The average molecular weight is 708 g/mol. The molecule has 0 radical (unpaired) electrons. The van der Waals surface area contributed by atoms with Crippen LogP contribution in [0.5, 0.6) is 0 Å². The van der Waals surface area contributed by atoms with Crippen molar-refractivity contribution in [3.05, 3.63) is 176 Å². The van der Waals surface area contributed by atoms with E-state index in [4.69, 9.17) is 18.2 Å². The van der Waals surface area contributed by atoms with Crippen molar-refractivity contribution in [1.82, 2.24) is 9.55 Å². The first kappa shape index (κ1) is 29.9. The van der Waals surface area contributed by atoms with Gasteiger partial charge < -0.3 is 22.7 Å². The molecule has 6 heteroatoms. The van der Waals surface area contributed by atoms with Crippen molar-refractivity contribution in [2.45, 2.75) is 0 Å². The van der Waals surface area contributed by atoms with E-state index < -0.39 is 0 Å². The van der Waals surface area contributed by atoms with Gasteiger partial charge >= 0.3 is 0 Å². The number of hydrogen-bond acceptors (Lipinski definition) is 5. The summed E-state index contributed by atoms with van der Waals surface area (Å²) in [5, 5.41) is 6.38. The number of fused-ring (bicyclic) bond motifs is 11. The Morgan fingerprint density at radius 1 is 0.455 bits per heavy atom. The third-order valence-electron chi connectivity index (χ3n) is 10.8. The molecule has 0 atom stereocenters. The Hall–Kier alpha value is -7.57. The Labute approximate surface area is 313 Å². The van der Waals surface area contributed by atoms with Crippen molar-refractivity contribution in [1.29, 1.82) is 0 Å². The van der Waals surface area contributed by atoms with Crippen molar-refractivity contribution >= 4 is 93.8 Å². The van der Waals surface area contributed by atoms with Crippen LogP contribution in [0.4, 0.5) is 17.1 Å². The molecule has 0 bridgehead atoms. The summed E-state index contributed by atoms with van der Waals surface area (Å²) in [4.78, 5) is 7.30. The van der Waals surface area contributed by atoms with Gasteiger partial charge in [0.05, 0.1) is 33.5 Å². The van der Waals surface area contributed by atoms with Gasteiger partial charge in [0.25, 0.3) is 0 Å². The number of aromatic nitrogens is 2. The summed E-state index contributed by atoms with van der Waals surface area (Å²) in [7, 11) is 0. The van der Waals surface area contributed by atoms with E-state index in [9.17, 15) is 0 Å². The maximum absolute atomic E-state index is 6.73. The number of nitrogens with zero attached hydrogens (tertiary/aromatic N) is 3. The normalized spacial score (nSPS) is 12.0. The lowest BCUT2D eigenvalue weighted by Gasteiger charge is -2.27. The highest BCUT2D eigenvalue weighted by Gasteiger charge is 2.25. The van der Waals surface area contributed by atoms with Gasteiger partial charge in [-0.25, -0.2) is 4.98 Å². The molecule has 0 aliphatic heterocycles. The fraction of sp³-hybridized carbons (Fsp3) is 0. The molecule has 8 aromatic carbocycles. The van der Waals surface area contributed by atoms with Gasteiger partial charge in [-0.2, -0.15) is 0 Å². The quantitative estimate of drug-likeness (QED) is 0.178. The second-order valence-corrected chi connectivity index (χ2v) is 13.9. The van der Waals surface area contributed by atoms with Gasteiger partial charge in [0.15, 0.2) is 11.2 Å². The van der Waals surface area contributed by atoms with E-state index in [0.717, 1.165) is 99.7 Å². The molecule has 0 saturated heterocycles. The number of para-hydroxylation sites is 5. The predicted octanol–water partition coefficient (Wildman–Crippen LogP) is 13.9. The van der Waals surface area contributed by atoms with E-state index in [1.807, 2.05) is 54.6 Å². The molecular formula is C49H29N3O3. The van der Waals surface area contributed by atoms with Crippen LogP contribution in [0.1, 0.15) is 0 Å². The van der Waals surface area contributed by atoms with Crippen LogP contribution in [-0.4, -0.2) is 9.55 Å². The lowest BCUT2D eigenvalue weighted by atomic mass is 10.1. The Kier molecular flexibility index (Phi) is 6.24. The minimum Gasteiger partial charge on any atom is -0.456 e. The summed E-state index contributed by atoms with van der Waals surface area (Å²) < 4.78 is 22.0. The van der Waals surface area contributed by atoms with Crippen LogP contribution >= 0.6 is 0 Å². The molecule has 0 fully saturated rings. The predicted molar refractivity (Wildman–Crippen MR) is 223 cm³/mol. The first-order valence-corrected chi connectivity index (χ1v) is 18.4. The molecule has 12 rings (SSSR count). The van der Waals surface area contributed by atoms with Crippen molar-refractivity contribution in [3.8, 4) is 17.1 Å². The highest BCUT2D eigenvalue weighted by Crippen LogP contribution is 2.48. The molecule has 0 aliphatic carbocycles. The summed E-state index contributed by atoms with van der Waals surface area (Å²) in [6.45, 7) is 0. The standard InChI is InChI=1S/C49H29N3O3/c1-3-13-30(14-4-1)49-50-46-43(55-49)28-27-42-45(46)37-26-25-32(29-44(37)53-42)51(40-23-12-20-36-34-18-8-10-24-41(34)54-48(36)40)39-22-11-19-35-33-17-7-9-21-38(33)52(47(35)39)31-15-5-2-6-16-31/h1-29H. The SMILES string of the molecule is c1ccc(-c2nc3c(ccc4oc5cc(N(c6cccc7c6oc6ccccc67)c6cccc7c8ccccc8n(-c8ccccc8)c67)ccc5c43)o2)cc1. The number of rotatable bonds is 5. The zero-order valence-electron chi connectivity index (χ0n) is 29.3. The van der Waals surface area contributed by atoms with Gasteiger partial charge in [-0.3, -0.25) is 0 Å². The van der Waals surface area contributed by atoms with Gasteiger partial charge in [0.2, 0.25) is 5.89 Å². The van der Waals surface area contributed by atoms with Crippen LogP contribution in [0.15, 0.2) is 189 Å². The summed E-state index contributed by atoms with van der Waals surface area (Å²) in [6, 6.07) is 60.8. The third-order valence-corrected chi connectivity index (χ3v) is 10.8. The van der Waals surface area contributed by atoms with Crippen LogP contribution in [0, 0.1) is 0 Å². The fourth-order valence-corrected chi connectivity index (χ4v) is 8.43. The molecule has 55 heavy (non-hydrogen) atoms. The smallest absolute Gasteiger partial charge is 0.227 e. The van der Waals surface area contributed by atoms with E-state index in [2.05, 4.69) is 131 Å². The van der Waals surface area contributed by atoms with E-state index in [0.29, 0.717) is 5.89 Å². The van der Waals surface area contributed by atoms with Gasteiger partial charge in [0, 0.05) is 44.2 Å². The second-order valence-electron chi connectivity index (χ2n) is 13.9. The molecule has 0 spiro atoms. The first-order chi connectivity index (χ1) is 27.3.